The SMILES string of the molecule is COC(C(C)C(=O)NCCc1ccccn1)C1CCCN1C(=O)OC(C)(C)C. The summed E-state index contributed by atoms with van der Waals surface area (Å²) in [5.74, 6) is -0.472. The first-order valence-corrected chi connectivity index (χ1v) is 9.93. The molecule has 1 aliphatic rings. The fourth-order valence-electron chi connectivity index (χ4n) is 3.55. The number of ether oxygens (including phenoxy) is 2. The topological polar surface area (TPSA) is 80.8 Å². The van der Waals surface area contributed by atoms with Crippen LogP contribution >= 0.6 is 0 Å². The van der Waals surface area contributed by atoms with Crippen molar-refractivity contribution in [2.45, 2.75) is 64.7 Å². The van der Waals surface area contributed by atoms with Gasteiger partial charge in [0.05, 0.1) is 18.1 Å². The monoisotopic (exact) mass is 391 g/mol. The van der Waals surface area contributed by atoms with Gasteiger partial charge in [-0.25, -0.2) is 4.79 Å². The molecule has 28 heavy (non-hydrogen) atoms. The third-order valence-corrected chi connectivity index (χ3v) is 4.89. The highest BCUT2D eigenvalue weighted by Crippen LogP contribution is 2.28. The van der Waals surface area contributed by atoms with E-state index in [1.807, 2.05) is 45.9 Å². The Morgan fingerprint density at radius 3 is 2.71 bits per heavy atom. The Morgan fingerprint density at radius 2 is 2.11 bits per heavy atom. The van der Waals surface area contributed by atoms with E-state index in [1.165, 1.54) is 0 Å². The van der Waals surface area contributed by atoms with Gasteiger partial charge in [0.25, 0.3) is 0 Å². The van der Waals surface area contributed by atoms with Crippen LogP contribution in [0.1, 0.15) is 46.2 Å². The number of methoxy groups -OCH3 is 1. The summed E-state index contributed by atoms with van der Waals surface area (Å²) in [4.78, 5) is 31.2. The smallest absolute Gasteiger partial charge is 0.410 e. The molecule has 7 nitrogen and oxygen atoms in total. The Labute approximate surface area is 167 Å². The molecule has 2 rings (SSSR count). The van der Waals surface area contributed by atoms with Gasteiger partial charge in [-0.1, -0.05) is 13.0 Å². The van der Waals surface area contributed by atoms with Crippen LogP contribution in [0.3, 0.4) is 0 Å². The maximum Gasteiger partial charge on any atom is 0.410 e. The zero-order valence-electron chi connectivity index (χ0n) is 17.6. The van der Waals surface area contributed by atoms with E-state index in [2.05, 4.69) is 10.3 Å². The predicted octanol–water partition coefficient (Wildman–Crippen LogP) is 2.79. The Balaban J connectivity index is 1.94. The Bertz CT molecular complexity index is 645. The van der Waals surface area contributed by atoms with Crippen LogP contribution in [0.5, 0.6) is 0 Å². The summed E-state index contributed by atoms with van der Waals surface area (Å²) < 4.78 is 11.2. The third kappa shape index (κ3) is 6.19. The predicted molar refractivity (Wildman–Crippen MR) is 107 cm³/mol. The molecule has 0 spiro atoms. The second kappa shape index (κ2) is 9.87. The highest BCUT2D eigenvalue weighted by molar-refractivity contribution is 5.79. The van der Waals surface area contributed by atoms with E-state index >= 15 is 0 Å². The molecule has 0 radical (unpaired) electrons. The molecule has 1 fully saturated rings. The summed E-state index contributed by atoms with van der Waals surface area (Å²) in [6.07, 6.45) is 3.35. The fourth-order valence-corrected chi connectivity index (χ4v) is 3.55. The molecule has 0 saturated carbocycles. The van der Waals surface area contributed by atoms with Gasteiger partial charge >= 0.3 is 6.09 Å². The van der Waals surface area contributed by atoms with Crippen molar-refractivity contribution >= 4 is 12.0 Å². The van der Waals surface area contributed by atoms with Gasteiger partial charge in [-0.2, -0.15) is 0 Å². The van der Waals surface area contributed by atoms with E-state index in [-0.39, 0.29) is 30.1 Å². The molecule has 2 amide bonds. The average Bonchev–Trinajstić information content (AvgIpc) is 3.11. The van der Waals surface area contributed by atoms with E-state index in [1.54, 1.807) is 18.2 Å². The summed E-state index contributed by atoms with van der Waals surface area (Å²) >= 11 is 0. The number of hydrogen-bond acceptors (Lipinski definition) is 5. The Kier molecular flexibility index (Phi) is 7.80. The highest BCUT2D eigenvalue weighted by Gasteiger charge is 2.41. The molecule has 3 unspecified atom stereocenters. The van der Waals surface area contributed by atoms with E-state index in [9.17, 15) is 9.59 Å². The van der Waals surface area contributed by atoms with Crippen molar-refractivity contribution in [2.75, 3.05) is 20.2 Å². The maximum atomic E-state index is 12.6. The summed E-state index contributed by atoms with van der Waals surface area (Å²) in [7, 11) is 1.59. The molecule has 156 valence electrons. The molecule has 1 N–H and O–H groups in total. The number of aromatic nitrogens is 1. The zero-order valence-corrected chi connectivity index (χ0v) is 17.6. The maximum absolute atomic E-state index is 12.6. The van der Waals surface area contributed by atoms with Crippen LogP contribution in [-0.4, -0.2) is 59.8 Å². The second-order valence-electron chi connectivity index (χ2n) is 8.23. The zero-order chi connectivity index (χ0) is 20.7. The molecule has 2 heterocycles. The molecule has 1 saturated heterocycles. The molecule has 0 bridgehead atoms. The number of hydrogen-bond donors (Lipinski definition) is 1. The summed E-state index contributed by atoms with van der Waals surface area (Å²) in [6, 6.07) is 5.56. The molecular formula is C21H33N3O4. The van der Waals surface area contributed by atoms with Crippen molar-refractivity contribution in [2.24, 2.45) is 5.92 Å². The molecule has 7 heteroatoms. The van der Waals surface area contributed by atoms with Crippen LogP contribution in [0, 0.1) is 5.92 Å². The van der Waals surface area contributed by atoms with Crippen LogP contribution in [-0.2, 0) is 20.7 Å². The van der Waals surface area contributed by atoms with Crippen molar-refractivity contribution in [1.29, 1.82) is 0 Å². The third-order valence-electron chi connectivity index (χ3n) is 4.89. The van der Waals surface area contributed by atoms with E-state index in [0.29, 0.717) is 19.5 Å². The number of amides is 2. The lowest BCUT2D eigenvalue weighted by Crippen LogP contribution is -2.50. The molecule has 1 aromatic rings. The number of carbonyl (C=O) groups is 2. The fraction of sp³-hybridized carbons (Fsp3) is 0.667. The van der Waals surface area contributed by atoms with E-state index < -0.39 is 5.60 Å². The van der Waals surface area contributed by atoms with Gasteiger partial charge in [-0.15, -0.1) is 0 Å². The Hall–Kier alpha value is -2.15. The van der Waals surface area contributed by atoms with Gasteiger partial charge in [0.15, 0.2) is 0 Å². The normalized spacial score (nSPS) is 19.2. The summed E-state index contributed by atoms with van der Waals surface area (Å²) in [5, 5.41) is 2.96. The molecule has 0 aliphatic carbocycles. The summed E-state index contributed by atoms with van der Waals surface area (Å²) in [5.41, 5.74) is 0.381. The van der Waals surface area contributed by atoms with Gasteiger partial charge in [0.2, 0.25) is 5.91 Å². The largest absolute Gasteiger partial charge is 0.444 e. The van der Waals surface area contributed by atoms with E-state index in [4.69, 9.17) is 9.47 Å². The van der Waals surface area contributed by atoms with Crippen molar-refractivity contribution in [3.8, 4) is 0 Å². The van der Waals surface area contributed by atoms with Gasteiger partial charge < -0.3 is 19.7 Å². The minimum absolute atomic E-state index is 0.0844. The first-order chi connectivity index (χ1) is 13.2. The lowest BCUT2D eigenvalue weighted by Gasteiger charge is -2.34. The number of likely N-dealkylation sites (tertiary alicyclic amines) is 1. The number of carbonyl (C=O) groups excluding carboxylic acids is 2. The number of rotatable bonds is 7. The number of nitrogens with one attached hydrogen (secondary N) is 1. The van der Waals surface area contributed by atoms with Gasteiger partial charge in [0, 0.05) is 38.5 Å². The lowest BCUT2D eigenvalue weighted by molar-refractivity contribution is -0.130. The van der Waals surface area contributed by atoms with Crippen LogP contribution in [0.2, 0.25) is 0 Å². The van der Waals surface area contributed by atoms with Crippen molar-refractivity contribution in [3.05, 3.63) is 30.1 Å². The second-order valence-corrected chi connectivity index (χ2v) is 8.23. The van der Waals surface area contributed by atoms with Gasteiger partial charge in [-0.3, -0.25) is 9.78 Å². The molecule has 0 aromatic carbocycles. The van der Waals surface area contributed by atoms with Crippen LogP contribution in [0.4, 0.5) is 4.79 Å². The average molecular weight is 392 g/mol. The highest BCUT2D eigenvalue weighted by atomic mass is 16.6. The lowest BCUT2D eigenvalue weighted by atomic mass is 9.95. The first-order valence-electron chi connectivity index (χ1n) is 9.93. The van der Waals surface area contributed by atoms with Gasteiger partial charge in [0.1, 0.15) is 5.60 Å². The van der Waals surface area contributed by atoms with E-state index in [0.717, 1.165) is 18.5 Å². The number of nitrogens with zero attached hydrogens (tertiary/aromatic N) is 2. The van der Waals surface area contributed by atoms with Crippen LogP contribution in [0.25, 0.3) is 0 Å². The first kappa shape index (κ1) is 22.1. The minimum Gasteiger partial charge on any atom is -0.444 e. The molecule has 1 aromatic heterocycles. The minimum atomic E-state index is -0.554. The standard InChI is InChI=1S/C21H33N3O4/c1-15(19(25)23-13-11-16-9-6-7-12-22-16)18(27-5)17-10-8-14-24(17)20(26)28-21(2,3)4/h6-7,9,12,15,17-18H,8,10-11,13-14H2,1-5H3,(H,23,25). The molecule has 3 atom stereocenters. The molecule has 1 aliphatic heterocycles. The van der Waals surface area contributed by atoms with Crippen molar-refractivity contribution < 1.29 is 19.1 Å². The van der Waals surface area contributed by atoms with Crippen LogP contribution < -0.4 is 5.32 Å². The van der Waals surface area contributed by atoms with Crippen molar-refractivity contribution in [1.82, 2.24) is 15.2 Å². The summed E-state index contributed by atoms with van der Waals surface area (Å²) in [6.45, 7) is 8.52. The quantitative estimate of drug-likeness (QED) is 0.773. The van der Waals surface area contributed by atoms with Gasteiger partial charge in [-0.05, 0) is 45.7 Å². The van der Waals surface area contributed by atoms with Crippen molar-refractivity contribution in [3.63, 3.8) is 0 Å². The number of pyridine rings is 1. The van der Waals surface area contributed by atoms with Crippen LogP contribution in [0.15, 0.2) is 24.4 Å². The Morgan fingerprint density at radius 1 is 1.36 bits per heavy atom. The molecular weight excluding hydrogens is 358 g/mol.